The summed E-state index contributed by atoms with van der Waals surface area (Å²) in [5, 5.41) is 16.9. The summed E-state index contributed by atoms with van der Waals surface area (Å²) in [6.45, 7) is 6.40. The normalized spacial score (nSPS) is 20.7. The lowest BCUT2D eigenvalue weighted by atomic mass is 9.91. The van der Waals surface area contributed by atoms with Gasteiger partial charge in [0.1, 0.15) is 5.01 Å². The van der Waals surface area contributed by atoms with Gasteiger partial charge in [-0.3, -0.25) is 0 Å². The van der Waals surface area contributed by atoms with Crippen LogP contribution in [-0.2, 0) is 0 Å². The topological polar surface area (TPSA) is 49.8 Å². The minimum Gasteiger partial charge on any atom is -0.355 e. The number of nitrogens with one attached hydrogen (secondary N) is 2. The summed E-state index contributed by atoms with van der Waals surface area (Å²) in [7, 11) is 0. The SMILES string of the molecule is Cc1nnc(NC2(C)CCNCC2)s1. The van der Waals surface area contributed by atoms with E-state index >= 15 is 0 Å². The minimum absolute atomic E-state index is 0.192. The monoisotopic (exact) mass is 212 g/mol. The average Bonchev–Trinajstić information content (AvgIpc) is 2.51. The maximum absolute atomic E-state index is 4.09. The molecule has 1 aromatic heterocycles. The van der Waals surface area contributed by atoms with E-state index in [9.17, 15) is 0 Å². The lowest BCUT2D eigenvalue weighted by molar-refractivity contribution is 0.365. The van der Waals surface area contributed by atoms with Crippen molar-refractivity contribution in [3.63, 3.8) is 0 Å². The zero-order valence-corrected chi connectivity index (χ0v) is 9.45. The number of hydrogen-bond acceptors (Lipinski definition) is 5. The van der Waals surface area contributed by atoms with Gasteiger partial charge in [-0.15, -0.1) is 10.2 Å². The van der Waals surface area contributed by atoms with Gasteiger partial charge in [-0.25, -0.2) is 0 Å². The lowest BCUT2D eigenvalue weighted by Crippen LogP contribution is -2.45. The summed E-state index contributed by atoms with van der Waals surface area (Å²) >= 11 is 1.63. The molecule has 1 aliphatic rings. The molecule has 78 valence electrons. The Bertz CT molecular complexity index is 304. The summed E-state index contributed by atoms with van der Waals surface area (Å²) in [6, 6.07) is 0. The van der Waals surface area contributed by atoms with Crippen LogP contribution in [0.15, 0.2) is 0 Å². The Labute approximate surface area is 88.1 Å². The number of aromatic nitrogens is 2. The van der Waals surface area contributed by atoms with Gasteiger partial charge >= 0.3 is 0 Å². The van der Waals surface area contributed by atoms with E-state index in [1.54, 1.807) is 11.3 Å². The van der Waals surface area contributed by atoms with Crippen LogP contribution in [0, 0.1) is 6.92 Å². The zero-order chi connectivity index (χ0) is 10.0. The van der Waals surface area contributed by atoms with Crippen LogP contribution in [0.1, 0.15) is 24.8 Å². The van der Waals surface area contributed by atoms with Crippen molar-refractivity contribution in [3.05, 3.63) is 5.01 Å². The third kappa shape index (κ3) is 2.22. The Morgan fingerprint density at radius 1 is 1.36 bits per heavy atom. The van der Waals surface area contributed by atoms with Crippen LogP contribution >= 0.6 is 11.3 Å². The van der Waals surface area contributed by atoms with Gasteiger partial charge < -0.3 is 10.6 Å². The largest absolute Gasteiger partial charge is 0.355 e. The average molecular weight is 212 g/mol. The van der Waals surface area contributed by atoms with Gasteiger partial charge in [-0.2, -0.15) is 0 Å². The molecule has 4 nitrogen and oxygen atoms in total. The predicted molar refractivity (Wildman–Crippen MR) is 58.8 cm³/mol. The number of nitrogens with zero attached hydrogens (tertiary/aromatic N) is 2. The fourth-order valence-corrected chi connectivity index (χ4v) is 2.45. The summed E-state index contributed by atoms with van der Waals surface area (Å²) in [4.78, 5) is 0. The van der Waals surface area contributed by atoms with Crippen LogP contribution in [-0.4, -0.2) is 28.8 Å². The third-order valence-electron chi connectivity index (χ3n) is 2.64. The van der Waals surface area contributed by atoms with E-state index in [1.807, 2.05) is 6.92 Å². The van der Waals surface area contributed by atoms with E-state index in [1.165, 1.54) is 0 Å². The number of rotatable bonds is 2. The van der Waals surface area contributed by atoms with Crippen LogP contribution in [0.4, 0.5) is 5.13 Å². The Hall–Kier alpha value is -0.680. The van der Waals surface area contributed by atoms with E-state index in [2.05, 4.69) is 27.8 Å². The van der Waals surface area contributed by atoms with Crippen molar-refractivity contribution in [3.8, 4) is 0 Å². The fourth-order valence-electron chi connectivity index (χ4n) is 1.71. The van der Waals surface area contributed by atoms with Crippen molar-refractivity contribution >= 4 is 16.5 Å². The number of piperidine rings is 1. The van der Waals surface area contributed by atoms with Crippen molar-refractivity contribution < 1.29 is 0 Å². The first kappa shape index (κ1) is 9.86. The van der Waals surface area contributed by atoms with E-state index in [0.29, 0.717) is 0 Å². The number of hydrogen-bond donors (Lipinski definition) is 2. The van der Waals surface area contributed by atoms with Gasteiger partial charge in [-0.1, -0.05) is 11.3 Å². The molecular weight excluding hydrogens is 196 g/mol. The molecule has 0 aromatic carbocycles. The second-order valence-electron chi connectivity index (χ2n) is 4.06. The first-order valence-electron chi connectivity index (χ1n) is 4.97. The molecule has 2 rings (SSSR count). The second-order valence-corrected chi connectivity index (χ2v) is 5.24. The van der Waals surface area contributed by atoms with Crippen molar-refractivity contribution in [2.45, 2.75) is 32.2 Å². The molecule has 1 saturated heterocycles. The standard InChI is InChI=1S/C9H16N4S/c1-7-12-13-8(14-7)11-9(2)3-5-10-6-4-9/h10H,3-6H2,1-2H3,(H,11,13). The Balaban J connectivity index is 2.01. The van der Waals surface area contributed by atoms with Crippen molar-refractivity contribution in [1.29, 1.82) is 0 Å². The second kappa shape index (κ2) is 3.82. The highest BCUT2D eigenvalue weighted by atomic mass is 32.1. The maximum Gasteiger partial charge on any atom is 0.206 e. The molecule has 0 radical (unpaired) electrons. The predicted octanol–water partition coefficient (Wildman–Crippen LogP) is 1.40. The van der Waals surface area contributed by atoms with Gasteiger partial charge in [0.25, 0.3) is 0 Å². The van der Waals surface area contributed by atoms with Crippen LogP contribution < -0.4 is 10.6 Å². The Kier molecular flexibility index (Phi) is 2.69. The van der Waals surface area contributed by atoms with Crippen LogP contribution in [0.3, 0.4) is 0 Å². The summed E-state index contributed by atoms with van der Waals surface area (Å²) in [5.41, 5.74) is 0.192. The molecule has 0 spiro atoms. The quantitative estimate of drug-likeness (QED) is 0.778. The van der Waals surface area contributed by atoms with Crippen molar-refractivity contribution in [2.75, 3.05) is 18.4 Å². The molecular formula is C9H16N4S. The van der Waals surface area contributed by atoms with Gasteiger partial charge in [0.15, 0.2) is 0 Å². The highest BCUT2D eigenvalue weighted by Gasteiger charge is 2.27. The molecule has 0 atom stereocenters. The molecule has 1 fully saturated rings. The minimum atomic E-state index is 0.192. The third-order valence-corrected chi connectivity index (χ3v) is 3.40. The summed E-state index contributed by atoms with van der Waals surface area (Å²) < 4.78 is 0. The smallest absolute Gasteiger partial charge is 0.206 e. The number of anilines is 1. The van der Waals surface area contributed by atoms with Gasteiger partial charge in [0.2, 0.25) is 5.13 Å². The molecule has 5 heteroatoms. The van der Waals surface area contributed by atoms with Gasteiger partial charge in [-0.05, 0) is 39.8 Å². The molecule has 0 amide bonds. The number of aryl methyl sites for hydroxylation is 1. The molecule has 1 aliphatic heterocycles. The molecule has 0 unspecified atom stereocenters. The Morgan fingerprint density at radius 3 is 2.64 bits per heavy atom. The molecule has 0 aliphatic carbocycles. The Morgan fingerprint density at radius 2 is 2.07 bits per heavy atom. The first-order valence-corrected chi connectivity index (χ1v) is 5.79. The molecule has 14 heavy (non-hydrogen) atoms. The van der Waals surface area contributed by atoms with Crippen LogP contribution in [0.5, 0.6) is 0 Å². The van der Waals surface area contributed by atoms with E-state index in [0.717, 1.165) is 36.1 Å². The van der Waals surface area contributed by atoms with Crippen molar-refractivity contribution in [2.24, 2.45) is 0 Å². The van der Waals surface area contributed by atoms with Gasteiger partial charge in [0, 0.05) is 5.54 Å². The highest BCUT2D eigenvalue weighted by molar-refractivity contribution is 7.15. The fraction of sp³-hybridized carbons (Fsp3) is 0.778. The van der Waals surface area contributed by atoms with Crippen LogP contribution in [0.25, 0.3) is 0 Å². The molecule has 2 heterocycles. The van der Waals surface area contributed by atoms with Gasteiger partial charge in [0.05, 0.1) is 0 Å². The molecule has 2 N–H and O–H groups in total. The first-order chi connectivity index (χ1) is 6.68. The molecule has 0 saturated carbocycles. The maximum atomic E-state index is 4.09. The van der Waals surface area contributed by atoms with E-state index in [-0.39, 0.29) is 5.54 Å². The van der Waals surface area contributed by atoms with Crippen molar-refractivity contribution in [1.82, 2.24) is 15.5 Å². The highest BCUT2D eigenvalue weighted by Crippen LogP contribution is 2.25. The summed E-state index contributed by atoms with van der Waals surface area (Å²) in [5.74, 6) is 0. The van der Waals surface area contributed by atoms with Crippen LogP contribution in [0.2, 0.25) is 0 Å². The van der Waals surface area contributed by atoms with E-state index in [4.69, 9.17) is 0 Å². The zero-order valence-electron chi connectivity index (χ0n) is 8.63. The summed E-state index contributed by atoms with van der Waals surface area (Å²) in [6.07, 6.45) is 2.29. The van der Waals surface area contributed by atoms with E-state index < -0.39 is 0 Å². The molecule has 1 aromatic rings. The lowest BCUT2D eigenvalue weighted by Gasteiger charge is -2.34. The molecule has 0 bridgehead atoms.